The van der Waals surface area contributed by atoms with Crippen LogP contribution in [-0.2, 0) is 20.3 Å². The van der Waals surface area contributed by atoms with Crippen molar-refractivity contribution in [3.8, 4) is 0 Å². The number of carbonyl (C=O) groups is 1. The van der Waals surface area contributed by atoms with Gasteiger partial charge in [-0.3, -0.25) is 4.79 Å². The van der Waals surface area contributed by atoms with Crippen molar-refractivity contribution in [2.45, 2.75) is 24.4 Å². The van der Waals surface area contributed by atoms with Gasteiger partial charge in [-0.15, -0.1) is 0 Å². The van der Waals surface area contributed by atoms with Crippen molar-refractivity contribution in [1.29, 1.82) is 0 Å². The molecule has 0 aromatic heterocycles. The van der Waals surface area contributed by atoms with Crippen LogP contribution in [0.2, 0.25) is 0 Å². The molecule has 0 aliphatic carbocycles. The molecule has 1 aliphatic rings. The van der Waals surface area contributed by atoms with Crippen LogP contribution >= 0.6 is 0 Å². The van der Waals surface area contributed by atoms with E-state index in [-0.39, 0.29) is 16.9 Å². The smallest absolute Gasteiger partial charge is 0.337 e. The first-order chi connectivity index (χ1) is 12.3. The number of ether oxygens (including phenoxy) is 1. The van der Waals surface area contributed by atoms with Crippen LogP contribution in [0.3, 0.4) is 0 Å². The highest BCUT2D eigenvalue weighted by atomic mass is 32.2. The largest absolute Gasteiger partial charge is 0.384 e. The Morgan fingerprint density at radius 2 is 1.88 bits per heavy atom. The summed E-state index contributed by atoms with van der Waals surface area (Å²) in [5.74, 6) is -4.45. The molecule has 0 unspecified atom stereocenters. The van der Waals surface area contributed by atoms with Gasteiger partial charge in [-0.2, -0.15) is 8.78 Å². The maximum Gasteiger partial charge on any atom is 0.337 e. The number of carbonyl (C=O) groups excluding carboxylic acids is 1. The zero-order valence-electron chi connectivity index (χ0n) is 14.6. The lowest BCUT2D eigenvalue weighted by atomic mass is 9.79. The summed E-state index contributed by atoms with van der Waals surface area (Å²) in [6.07, 6.45) is 1.79. The standard InChI is InChI=1S/C17H24F2N2O4S/c1-25-12-17(6-8-20-9-7-17)11-21-15(22)14-4-2-13(3-5-14)10-26(23,24)16(18)19/h2-5,16,20H,6-12H2,1H3,(H,21,22). The lowest BCUT2D eigenvalue weighted by Gasteiger charge is -2.37. The van der Waals surface area contributed by atoms with Gasteiger partial charge in [0.1, 0.15) is 0 Å². The van der Waals surface area contributed by atoms with Crippen LogP contribution in [0.5, 0.6) is 0 Å². The molecule has 2 N–H and O–H groups in total. The van der Waals surface area contributed by atoms with Gasteiger partial charge in [0.25, 0.3) is 5.91 Å². The summed E-state index contributed by atoms with van der Waals surface area (Å²) >= 11 is 0. The Morgan fingerprint density at radius 1 is 1.27 bits per heavy atom. The average molecular weight is 390 g/mol. The number of amides is 1. The molecule has 1 saturated heterocycles. The fraction of sp³-hybridized carbons (Fsp3) is 0.588. The van der Waals surface area contributed by atoms with Gasteiger partial charge in [-0.25, -0.2) is 8.42 Å². The predicted molar refractivity (Wildman–Crippen MR) is 93.8 cm³/mol. The molecular weight excluding hydrogens is 366 g/mol. The Balaban J connectivity index is 1.97. The minimum Gasteiger partial charge on any atom is -0.384 e. The lowest BCUT2D eigenvalue weighted by Crippen LogP contribution is -2.47. The number of hydrogen-bond donors (Lipinski definition) is 2. The zero-order valence-corrected chi connectivity index (χ0v) is 15.5. The summed E-state index contributed by atoms with van der Waals surface area (Å²) in [6.45, 7) is 2.77. The van der Waals surface area contributed by atoms with E-state index < -0.39 is 21.3 Å². The molecule has 1 aromatic carbocycles. The van der Waals surface area contributed by atoms with Crippen LogP contribution in [0.15, 0.2) is 24.3 Å². The number of benzene rings is 1. The van der Waals surface area contributed by atoms with E-state index in [1.54, 1.807) is 7.11 Å². The number of piperidine rings is 1. The van der Waals surface area contributed by atoms with E-state index in [2.05, 4.69) is 10.6 Å². The van der Waals surface area contributed by atoms with Gasteiger partial charge in [0.15, 0.2) is 0 Å². The van der Waals surface area contributed by atoms with Crippen molar-refractivity contribution in [3.05, 3.63) is 35.4 Å². The second-order valence-electron chi connectivity index (χ2n) is 6.63. The number of hydrogen-bond acceptors (Lipinski definition) is 5. The van der Waals surface area contributed by atoms with Crippen molar-refractivity contribution >= 4 is 15.7 Å². The third kappa shape index (κ3) is 5.46. The average Bonchev–Trinajstić information content (AvgIpc) is 2.61. The fourth-order valence-corrected chi connectivity index (χ4v) is 3.84. The Morgan fingerprint density at radius 3 is 2.42 bits per heavy atom. The van der Waals surface area contributed by atoms with Gasteiger partial charge in [0, 0.05) is 24.6 Å². The first-order valence-corrected chi connectivity index (χ1v) is 10.1. The molecule has 0 atom stereocenters. The van der Waals surface area contributed by atoms with Crippen LogP contribution in [0, 0.1) is 5.41 Å². The molecule has 2 rings (SSSR count). The summed E-state index contributed by atoms with van der Waals surface area (Å²) < 4.78 is 52.6. The summed E-state index contributed by atoms with van der Waals surface area (Å²) in [5.41, 5.74) is 0.460. The van der Waals surface area contributed by atoms with Gasteiger partial charge in [0.2, 0.25) is 9.84 Å². The maximum absolute atomic E-state index is 12.4. The van der Waals surface area contributed by atoms with Gasteiger partial charge in [-0.05, 0) is 43.6 Å². The van der Waals surface area contributed by atoms with Gasteiger partial charge >= 0.3 is 5.76 Å². The molecule has 1 heterocycles. The predicted octanol–water partition coefficient (Wildman–Crippen LogP) is 1.57. The number of sulfone groups is 1. The Kier molecular flexibility index (Phi) is 7.08. The molecule has 0 bridgehead atoms. The van der Waals surface area contributed by atoms with E-state index in [1.165, 1.54) is 24.3 Å². The van der Waals surface area contributed by atoms with E-state index >= 15 is 0 Å². The highest BCUT2D eigenvalue weighted by molar-refractivity contribution is 7.90. The molecule has 26 heavy (non-hydrogen) atoms. The summed E-state index contributed by atoms with van der Waals surface area (Å²) in [5, 5.41) is 6.17. The molecular formula is C17H24F2N2O4S. The normalized spacial score (nSPS) is 17.2. The minimum atomic E-state index is -4.48. The van der Waals surface area contributed by atoms with Gasteiger partial charge < -0.3 is 15.4 Å². The molecule has 0 saturated carbocycles. The van der Waals surface area contributed by atoms with Crippen molar-refractivity contribution < 1.29 is 26.7 Å². The molecule has 146 valence electrons. The number of nitrogens with one attached hydrogen (secondary N) is 2. The van der Waals surface area contributed by atoms with E-state index in [1.807, 2.05) is 0 Å². The molecule has 9 heteroatoms. The van der Waals surface area contributed by atoms with Gasteiger partial charge in [0.05, 0.1) is 12.4 Å². The molecule has 0 spiro atoms. The third-order valence-corrected chi connectivity index (χ3v) is 5.87. The van der Waals surface area contributed by atoms with Gasteiger partial charge in [-0.1, -0.05) is 12.1 Å². The molecule has 1 aliphatic heterocycles. The van der Waals surface area contributed by atoms with E-state index in [0.717, 1.165) is 25.9 Å². The second kappa shape index (κ2) is 8.88. The van der Waals surface area contributed by atoms with Crippen molar-refractivity contribution in [2.75, 3.05) is 33.4 Å². The summed E-state index contributed by atoms with van der Waals surface area (Å²) in [4.78, 5) is 12.3. The highest BCUT2D eigenvalue weighted by Gasteiger charge is 2.32. The minimum absolute atomic E-state index is 0.110. The van der Waals surface area contributed by atoms with Crippen LogP contribution in [-0.4, -0.2) is 53.4 Å². The highest BCUT2D eigenvalue weighted by Crippen LogP contribution is 2.28. The first kappa shape index (κ1) is 20.7. The van der Waals surface area contributed by atoms with Crippen LogP contribution < -0.4 is 10.6 Å². The molecule has 1 fully saturated rings. The SMILES string of the molecule is COCC1(CNC(=O)c2ccc(CS(=O)(=O)C(F)F)cc2)CCNCC1. The molecule has 1 amide bonds. The van der Waals surface area contributed by atoms with Crippen molar-refractivity contribution in [1.82, 2.24) is 10.6 Å². The summed E-state index contributed by atoms with van der Waals surface area (Å²) in [6, 6.07) is 5.64. The van der Waals surface area contributed by atoms with E-state index in [4.69, 9.17) is 4.74 Å². The monoisotopic (exact) mass is 390 g/mol. The number of methoxy groups -OCH3 is 1. The lowest BCUT2D eigenvalue weighted by molar-refractivity contribution is 0.0512. The Bertz CT molecular complexity index is 696. The number of alkyl halides is 2. The Labute approximate surface area is 152 Å². The van der Waals surface area contributed by atoms with E-state index in [0.29, 0.717) is 18.7 Å². The zero-order chi connectivity index (χ0) is 19.2. The van der Waals surface area contributed by atoms with Crippen molar-refractivity contribution in [2.24, 2.45) is 5.41 Å². The van der Waals surface area contributed by atoms with Crippen LogP contribution in [0.4, 0.5) is 8.78 Å². The van der Waals surface area contributed by atoms with E-state index in [9.17, 15) is 22.0 Å². The topological polar surface area (TPSA) is 84.5 Å². The maximum atomic E-state index is 12.4. The number of rotatable bonds is 8. The summed E-state index contributed by atoms with van der Waals surface area (Å²) in [7, 11) is -2.84. The molecule has 1 aromatic rings. The molecule has 6 nitrogen and oxygen atoms in total. The second-order valence-corrected chi connectivity index (χ2v) is 8.60. The first-order valence-electron chi connectivity index (χ1n) is 8.34. The fourth-order valence-electron chi connectivity index (χ4n) is 3.05. The van der Waals surface area contributed by atoms with Crippen LogP contribution in [0.25, 0.3) is 0 Å². The molecule has 0 radical (unpaired) electrons. The quantitative estimate of drug-likeness (QED) is 0.704. The number of halogens is 2. The Hall–Kier alpha value is -1.58. The van der Waals surface area contributed by atoms with Crippen molar-refractivity contribution in [3.63, 3.8) is 0 Å². The van der Waals surface area contributed by atoms with Crippen LogP contribution in [0.1, 0.15) is 28.8 Å². The third-order valence-electron chi connectivity index (χ3n) is 4.59.